The van der Waals surface area contributed by atoms with Crippen molar-refractivity contribution in [3.8, 4) is 0 Å². The van der Waals surface area contributed by atoms with Gasteiger partial charge in [-0.25, -0.2) is 0 Å². The molecule has 1 aliphatic rings. The van der Waals surface area contributed by atoms with E-state index < -0.39 is 0 Å². The van der Waals surface area contributed by atoms with Crippen molar-refractivity contribution < 1.29 is 9.53 Å². The second-order valence-corrected chi connectivity index (χ2v) is 5.06. The van der Waals surface area contributed by atoms with E-state index in [1.165, 1.54) is 11.1 Å². The Kier molecular flexibility index (Phi) is 5.38. The van der Waals surface area contributed by atoms with E-state index in [1.807, 2.05) is 0 Å². The first-order valence-electron chi connectivity index (χ1n) is 7.01. The first-order valence-corrected chi connectivity index (χ1v) is 7.01. The molecule has 2 N–H and O–H groups in total. The number of carbonyl (C=O) groups excluding carboxylic acids is 1. The molecule has 1 heterocycles. The highest BCUT2D eigenvalue weighted by Gasteiger charge is 2.17. The normalized spacial score (nSPS) is 15.3. The number of aryl methyl sites for hydroxylation is 1. The molecule has 0 bridgehead atoms. The summed E-state index contributed by atoms with van der Waals surface area (Å²) in [5.74, 6) is 0.0981. The van der Waals surface area contributed by atoms with Crippen LogP contribution in [0.3, 0.4) is 0 Å². The average Bonchev–Trinajstić information content (AvgIpc) is 2.44. The van der Waals surface area contributed by atoms with Crippen LogP contribution in [0.25, 0.3) is 0 Å². The predicted octanol–water partition coefficient (Wildman–Crippen LogP) is 0.667. The smallest absolute Gasteiger partial charge is 0.239 e. The molecular weight excluding hydrogens is 254 g/mol. The number of amides is 1. The van der Waals surface area contributed by atoms with E-state index in [4.69, 9.17) is 4.74 Å². The summed E-state index contributed by atoms with van der Waals surface area (Å²) in [6, 6.07) is 6.41. The highest BCUT2D eigenvalue weighted by Crippen LogP contribution is 2.21. The van der Waals surface area contributed by atoms with Crippen LogP contribution < -0.4 is 15.5 Å². The number of rotatable bonds is 6. The van der Waals surface area contributed by atoms with Gasteiger partial charge in [-0.15, -0.1) is 0 Å². The van der Waals surface area contributed by atoms with Crippen molar-refractivity contribution in [1.82, 2.24) is 10.6 Å². The topological polar surface area (TPSA) is 53.6 Å². The zero-order chi connectivity index (χ0) is 14.4. The minimum Gasteiger partial charge on any atom is -0.383 e. The molecule has 5 heteroatoms. The number of benzene rings is 1. The van der Waals surface area contributed by atoms with Crippen molar-refractivity contribution in [1.29, 1.82) is 0 Å². The summed E-state index contributed by atoms with van der Waals surface area (Å²) in [6.07, 6.45) is 0. The molecule has 2 rings (SSSR count). The number of nitrogens with one attached hydrogen (secondary N) is 2. The molecule has 20 heavy (non-hydrogen) atoms. The van der Waals surface area contributed by atoms with Gasteiger partial charge in [-0.1, -0.05) is 12.1 Å². The minimum atomic E-state index is 0.0981. The lowest BCUT2D eigenvalue weighted by Crippen LogP contribution is -2.47. The predicted molar refractivity (Wildman–Crippen MR) is 80.0 cm³/mol. The number of hydrogen-bond donors (Lipinski definition) is 2. The van der Waals surface area contributed by atoms with Crippen LogP contribution in [0.2, 0.25) is 0 Å². The largest absolute Gasteiger partial charge is 0.383 e. The molecule has 0 atom stereocenters. The molecule has 110 valence electrons. The summed E-state index contributed by atoms with van der Waals surface area (Å²) in [5, 5.41) is 6.18. The highest BCUT2D eigenvalue weighted by molar-refractivity contribution is 5.83. The Labute approximate surface area is 120 Å². The fourth-order valence-corrected chi connectivity index (χ4v) is 2.43. The number of nitrogens with zero attached hydrogens (tertiary/aromatic N) is 1. The van der Waals surface area contributed by atoms with Crippen LogP contribution in [0, 0.1) is 6.92 Å². The van der Waals surface area contributed by atoms with E-state index in [0.29, 0.717) is 6.54 Å². The molecule has 0 aliphatic carbocycles. The number of carbonyl (C=O) groups is 1. The van der Waals surface area contributed by atoms with Crippen LogP contribution >= 0.6 is 0 Å². The van der Waals surface area contributed by atoms with Gasteiger partial charge < -0.3 is 20.3 Å². The van der Waals surface area contributed by atoms with Gasteiger partial charge in [-0.3, -0.25) is 4.79 Å². The van der Waals surface area contributed by atoms with Crippen LogP contribution in [-0.2, 0) is 16.1 Å². The fraction of sp³-hybridized carbons (Fsp3) is 0.533. The van der Waals surface area contributed by atoms with E-state index in [1.54, 1.807) is 7.11 Å². The van der Waals surface area contributed by atoms with Gasteiger partial charge in [0, 0.05) is 39.0 Å². The maximum absolute atomic E-state index is 11.5. The Morgan fingerprint density at radius 3 is 3.00 bits per heavy atom. The molecule has 1 aliphatic heterocycles. The standard InChI is InChI=1S/C15H23N3O2/c1-12-9-13(10-16-6-8-20-2)3-4-14(12)18-7-5-17-15(19)11-18/h3-4,9,16H,5-8,10-11H2,1-2H3,(H,17,19). The van der Waals surface area contributed by atoms with Gasteiger partial charge in [-0.05, 0) is 24.1 Å². The van der Waals surface area contributed by atoms with Crippen LogP contribution in [-0.4, -0.2) is 45.8 Å². The second kappa shape index (κ2) is 7.26. The number of anilines is 1. The summed E-state index contributed by atoms with van der Waals surface area (Å²) in [6.45, 7) is 6.55. The quantitative estimate of drug-likeness (QED) is 0.750. The molecule has 1 aromatic carbocycles. The first kappa shape index (κ1) is 14.8. The second-order valence-electron chi connectivity index (χ2n) is 5.06. The van der Waals surface area contributed by atoms with E-state index in [2.05, 4.69) is 40.7 Å². The molecule has 1 fully saturated rings. The van der Waals surface area contributed by atoms with Crippen LogP contribution in [0.1, 0.15) is 11.1 Å². The lowest BCUT2D eigenvalue weighted by atomic mass is 10.1. The minimum absolute atomic E-state index is 0.0981. The lowest BCUT2D eigenvalue weighted by Gasteiger charge is -2.30. The number of ether oxygens (including phenoxy) is 1. The van der Waals surface area contributed by atoms with Gasteiger partial charge in [0.15, 0.2) is 0 Å². The van der Waals surface area contributed by atoms with Crippen molar-refractivity contribution in [3.63, 3.8) is 0 Å². The third-order valence-corrected chi connectivity index (χ3v) is 3.45. The Bertz CT molecular complexity index is 462. The Balaban J connectivity index is 1.96. The zero-order valence-electron chi connectivity index (χ0n) is 12.2. The Morgan fingerprint density at radius 2 is 2.30 bits per heavy atom. The number of piperazine rings is 1. The number of hydrogen-bond acceptors (Lipinski definition) is 4. The van der Waals surface area contributed by atoms with Crippen molar-refractivity contribution in [2.45, 2.75) is 13.5 Å². The molecule has 0 aromatic heterocycles. The molecule has 0 unspecified atom stereocenters. The van der Waals surface area contributed by atoms with Gasteiger partial charge in [0.2, 0.25) is 5.91 Å². The summed E-state index contributed by atoms with van der Waals surface area (Å²) in [7, 11) is 1.70. The molecule has 1 aromatic rings. The summed E-state index contributed by atoms with van der Waals surface area (Å²) in [4.78, 5) is 13.6. The fourth-order valence-electron chi connectivity index (χ4n) is 2.43. The molecule has 1 amide bonds. The average molecular weight is 277 g/mol. The number of methoxy groups -OCH3 is 1. The summed E-state index contributed by atoms with van der Waals surface area (Å²) in [5.41, 5.74) is 3.62. The summed E-state index contributed by atoms with van der Waals surface area (Å²) < 4.78 is 5.00. The van der Waals surface area contributed by atoms with Crippen LogP contribution in [0.15, 0.2) is 18.2 Å². The molecule has 1 saturated heterocycles. The van der Waals surface area contributed by atoms with Crippen molar-refractivity contribution in [2.75, 3.05) is 44.8 Å². The molecular formula is C15H23N3O2. The molecule has 5 nitrogen and oxygen atoms in total. The van der Waals surface area contributed by atoms with Gasteiger partial charge in [-0.2, -0.15) is 0 Å². The van der Waals surface area contributed by atoms with Gasteiger partial charge in [0.05, 0.1) is 13.2 Å². The SMILES string of the molecule is COCCNCc1ccc(N2CCNC(=O)C2)c(C)c1. The molecule has 0 spiro atoms. The van der Waals surface area contributed by atoms with Crippen molar-refractivity contribution in [3.05, 3.63) is 29.3 Å². The lowest BCUT2D eigenvalue weighted by molar-refractivity contribution is -0.120. The van der Waals surface area contributed by atoms with Gasteiger partial charge in [0.1, 0.15) is 0 Å². The first-order chi connectivity index (χ1) is 9.70. The maximum atomic E-state index is 11.5. The van der Waals surface area contributed by atoms with E-state index in [-0.39, 0.29) is 5.91 Å². The van der Waals surface area contributed by atoms with E-state index in [0.717, 1.165) is 38.5 Å². The van der Waals surface area contributed by atoms with Crippen LogP contribution in [0.4, 0.5) is 5.69 Å². The van der Waals surface area contributed by atoms with Gasteiger partial charge >= 0.3 is 0 Å². The summed E-state index contributed by atoms with van der Waals surface area (Å²) >= 11 is 0. The van der Waals surface area contributed by atoms with Crippen molar-refractivity contribution >= 4 is 11.6 Å². The third kappa shape index (κ3) is 3.95. The Hall–Kier alpha value is -1.59. The maximum Gasteiger partial charge on any atom is 0.239 e. The Morgan fingerprint density at radius 1 is 1.45 bits per heavy atom. The van der Waals surface area contributed by atoms with E-state index in [9.17, 15) is 4.79 Å². The zero-order valence-corrected chi connectivity index (χ0v) is 12.2. The third-order valence-electron chi connectivity index (χ3n) is 3.45. The van der Waals surface area contributed by atoms with E-state index >= 15 is 0 Å². The van der Waals surface area contributed by atoms with Crippen molar-refractivity contribution in [2.24, 2.45) is 0 Å². The monoisotopic (exact) mass is 277 g/mol. The highest BCUT2D eigenvalue weighted by atomic mass is 16.5. The molecule has 0 radical (unpaired) electrons. The van der Waals surface area contributed by atoms with Gasteiger partial charge in [0.25, 0.3) is 0 Å². The molecule has 0 saturated carbocycles. The van der Waals surface area contributed by atoms with Crippen LogP contribution in [0.5, 0.6) is 0 Å².